The molecule has 2 aromatic rings. The average molecular weight is 413 g/mol. The highest BCUT2D eigenvalue weighted by Gasteiger charge is 2.28. The first kappa shape index (κ1) is 21.4. The van der Waals surface area contributed by atoms with Crippen LogP contribution < -0.4 is 10.0 Å². The molecule has 0 saturated carbocycles. The van der Waals surface area contributed by atoms with E-state index in [0.29, 0.717) is 22.0 Å². The van der Waals surface area contributed by atoms with E-state index in [2.05, 4.69) is 15.1 Å². The molecule has 0 fully saturated rings. The number of hydrogen-bond donors (Lipinski definition) is 2. The summed E-state index contributed by atoms with van der Waals surface area (Å²) in [6.07, 6.45) is 0. The Bertz CT molecular complexity index is 929. The third-order valence-corrected chi connectivity index (χ3v) is 5.90. The highest BCUT2D eigenvalue weighted by Crippen LogP contribution is 2.24. The van der Waals surface area contributed by atoms with Crippen LogP contribution in [0.25, 0.3) is 0 Å². The van der Waals surface area contributed by atoms with Crippen LogP contribution in [0.2, 0.25) is 5.02 Å². The normalized spacial score (nSPS) is 12.2. The highest BCUT2D eigenvalue weighted by atomic mass is 35.5. The lowest BCUT2D eigenvalue weighted by atomic mass is 10.1. The highest BCUT2D eigenvalue weighted by molar-refractivity contribution is 7.89. The first-order valence-corrected chi connectivity index (χ1v) is 10.4. The van der Waals surface area contributed by atoms with E-state index in [1.807, 2.05) is 20.8 Å². The van der Waals surface area contributed by atoms with Crippen LogP contribution in [-0.4, -0.2) is 37.2 Å². The van der Waals surface area contributed by atoms with Crippen molar-refractivity contribution in [3.63, 3.8) is 0 Å². The largest absolute Gasteiger partial charge is 0.351 e. The molecule has 9 heteroatoms. The summed E-state index contributed by atoms with van der Waals surface area (Å²) in [7, 11) is -3.73. The predicted molar refractivity (Wildman–Crippen MR) is 106 cm³/mol. The quantitative estimate of drug-likeness (QED) is 0.713. The number of sulfonamides is 1. The van der Waals surface area contributed by atoms with E-state index in [4.69, 9.17) is 11.6 Å². The second kappa shape index (κ2) is 8.00. The van der Waals surface area contributed by atoms with Crippen molar-refractivity contribution < 1.29 is 13.2 Å². The van der Waals surface area contributed by atoms with Crippen molar-refractivity contribution in [3.8, 4) is 0 Å². The molecule has 0 spiro atoms. The van der Waals surface area contributed by atoms with Gasteiger partial charge in [-0.1, -0.05) is 11.6 Å². The monoisotopic (exact) mass is 412 g/mol. The van der Waals surface area contributed by atoms with Gasteiger partial charge in [0.05, 0.1) is 16.9 Å². The molecule has 0 aliphatic carbocycles. The predicted octanol–water partition coefficient (Wildman–Crippen LogP) is 2.62. The van der Waals surface area contributed by atoms with Crippen LogP contribution in [0.4, 0.5) is 0 Å². The van der Waals surface area contributed by atoms with Crippen molar-refractivity contribution in [3.05, 3.63) is 46.2 Å². The van der Waals surface area contributed by atoms with E-state index in [9.17, 15) is 13.2 Å². The maximum atomic E-state index is 12.7. The number of amides is 1. The maximum absolute atomic E-state index is 12.7. The van der Waals surface area contributed by atoms with E-state index in [-0.39, 0.29) is 29.4 Å². The lowest BCUT2D eigenvalue weighted by molar-refractivity contribution is 0.0954. The van der Waals surface area contributed by atoms with Crippen LogP contribution in [0.5, 0.6) is 0 Å². The molecule has 0 aliphatic heterocycles. The van der Waals surface area contributed by atoms with Crippen LogP contribution in [0.3, 0.4) is 0 Å². The minimum atomic E-state index is -3.73. The van der Waals surface area contributed by atoms with E-state index >= 15 is 0 Å². The topological polar surface area (TPSA) is 93.1 Å². The van der Waals surface area contributed by atoms with Gasteiger partial charge in [0.1, 0.15) is 4.90 Å². The van der Waals surface area contributed by atoms with Gasteiger partial charge in [-0.2, -0.15) is 5.10 Å². The second-order valence-electron chi connectivity index (χ2n) is 7.24. The number of halogens is 1. The zero-order chi connectivity index (χ0) is 20.4. The van der Waals surface area contributed by atoms with Gasteiger partial charge in [0.15, 0.2) is 0 Å². The van der Waals surface area contributed by atoms with Crippen LogP contribution in [-0.2, 0) is 15.6 Å². The van der Waals surface area contributed by atoms with Crippen molar-refractivity contribution >= 4 is 27.5 Å². The molecule has 1 aromatic carbocycles. The molecule has 0 atom stereocenters. The molecule has 0 saturated heterocycles. The first-order valence-electron chi connectivity index (χ1n) is 8.53. The maximum Gasteiger partial charge on any atom is 0.251 e. The van der Waals surface area contributed by atoms with Crippen LogP contribution >= 0.6 is 11.6 Å². The summed E-state index contributed by atoms with van der Waals surface area (Å²) in [4.78, 5) is 12.2. The Kier molecular flexibility index (Phi) is 6.34. The Morgan fingerprint density at radius 1 is 1.15 bits per heavy atom. The Hall–Kier alpha value is -1.90. The number of nitrogens with zero attached hydrogens (tertiary/aromatic N) is 2. The van der Waals surface area contributed by atoms with Crippen LogP contribution in [0, 0.1) is 13.8 Å². The van der Waals surface area contributed by atoms with Crippen molar-refractivity contribution in [2.45, 2.75) is 45.1 Å². The third-order valence-electron chi connectivity index (χ3n) is 3.94. The molecular formula is C18H25ClN4O3S. The molecule has 2 rings (SSSR count). The van der Waals surface area contributed by atoms with Gasteiger partial charge in [0, 0.05) is 23.7 Å². The smallest absolute Gasteiger partial charge is 0.251 e. The van der Waals surface area contributed by atoms with Crippen LogP contribution in [0.15, 0.2) is 29.2 Å². The minimum absolute atomic E-state index is 0.0707. The Morgan fingerprint density at radius 3 is 2.26 bits per heavy atom. The number of rotatable bonds is 6. The number of nitrogens with one attached hydrogen (secondary N) is 2. The van der Waals surface area contributed by atoms with Gasteiger partial charge < -0.3 is 5.32 Å². The standard InChI is InChI=1S/C18H25ClN4O3S/c1-12-16(13(2)23(22-12)18(3,4)5)27(25,26)21-11-10-20-17(24)14-6-8-15(19)9-7-14/h6-9,21H,10-11H2,1-5H3,(H,20,24). The minimum Gasteiger partial charge on any atom is -0.351 e. The second-order valence-corrected chi connectivity index (χ2v) is 9.38. The lowest BCUT2D eigenvalue weighted by Gasteiger charge is -2.21. The molecule has 1 amide bonds. The SMILES string of the molecule is Cc1nn(C(C)(C)C)c(C)c1S(=O)(=O)NCCNC(=O)c1ccc(Cl)cc1. The number of aryl methyl sites for hydroxylation is 1. The summed E-state index contributed by atoms with van der Waals surface area (Å²) in [6.45, 7) is 9.52. The zero-order valence-electron chi connectivity index (χ0n) is 16.1. The molecule has 0 unspecified atom stereocenters. The van der Waals surface area contributed by atoms with Gasteiger partial charge in [0.2, 0.25) is 10.0 Å². The first-order chi connectivity index (χ1) is 12.4. The third kappa shape index (κ3) is 5.09. The number of carbonyl (C=O) groups is 1. The Balaban J connectivity index is 2.00. The molecule has 148 valence electrons. The Labute approximate surface area is 165 Å². The van der Waals surface area contributed by atoms with E-state index in [1.54, 1.807) is 42.8 Å². The summed E-state index contributed by atoms with van der Waals surface area (Å²) in [5, 5.41) is 7.58. The van der Waals surface area contributed by atoms with Gasteiger partial charge in [-0.25, -0.2) is 13.1 Å². The van der Waals surface area contributed by atoms with Crippen molar-refractivity contribution in [1.82, 2.24) is 19.8 Å². The lowest BCUT2D eigenvalue weighted by Crippen LogP contribution is -2.35. The fourth-order valence-corrected chi connectivity index (χ4v) is 4.35. The van der Waals surface area contributed by atoms with Gasteiger partial charge in [-0.05, 0) is 58.9 Å². The molecule has 27 heavy (non-hydrogen) atoms. The summed E-state index contributed by atoms with van der Waals surface area (Å²) >= 11 is 5.79. The molecular weight excluding hydrogens is 388 g/mol. The van der Waals surface area contributed by atoms with Gasteiger partial charge in [-0.3, -0.25) is 9.48 Å². The van der Waals surface area contributed by atoms with E-state index in [1.165, 1.54) is 0 Å². The molecule has 2 N–H and O–H groups in total. The summed E-state index contributed by atoms with van der Waals surface area (Å²) in [5.41, 5.74) is 1.16. The van der Waals surface area contributed by atoms with Crippen LogP contribution in [0.1, 0.15) is 42.5 Å². The van der Waals surface area contributed by atoms with Gasteiger partial charge >= 0.3 is 0 Å². The summed E-state index contributed by atoms with van der Waals surface area (Å²) < 4.78 is 29.6. The Morgan fingerprint density at radius 2 is 1.74 bits per heavy atom. The average Bonchev–Trinajstić information content (AvgIpc) is 2.87. The van der Waals surface area contributed by atoms with E-state index in [0.717, 1.165) is 0 Å². The molecule has 0 bridgehead atoms. The van der Waals surface area contributed by atoms with Crippen molar-refractivity contribution in [2.75, 3.05) is 13.1 Å². The number of aromatic nitrogens is 2. The summed E-state index contributed by atoms with van der Waals surface area (Å²) in [6, 6.07) is 6.46. The number of carbonyl (C=O) groups excluding carboxylic acids is 1. The number of benzene rings is 1. The molecule has 0 radical (unpaired) electrons. The van der Waals surface area contributed by atoms with Crippen molar-refractivity contribution in [1.29, 1.82) is 0 Å². The van der Waals surface area contributed by atoms with Gasteiger partial charge in [0.25, 0.3) is 5.91 Å². The zero-order valence-corrected chi connectivity index (χ0v) is 17.7. The van der Waals surface area contributed by atoms with E-state index < -0.39 is 10.0 Å². The molecule has 0 aliphatic rings. The van der Waals surface area contributed by atoms with Crippen molar-refractivity contribution in [2.24, 2.45) is 0 Å². The number of hydrogen-bond acceptors (Lipinski definition) is 4. The van der Waals surface area contributed by atoms with Gasteiger partial charge in [-0.15, -0.1) is 0 Å². The molecule has 1 heterocycles. The fraction of sp³-hybridized carbons (Fsp3) is 0.444. The fourth-order valence-electron chi connectivity index (χ4n) is 2.81. The molecule has 1 aromatic heterocycles. The summed E-state index contributed by atoms with van der Waals surface area (Å²) in [5.74, 6) is -0.293. The molecule has 7 nitrogen and oxygen atoms in total.